The van der Waals surface area contributed by atoms with E-state index in [1.165, 1.54) is 47.1 Å². The number of nitrogens with one attached hydrogen (secondary N) is 8. The highest BCUT2D eigenvalue weighted by molar-refractivity contribution is 7.99. The minimum absolute atomic E-state index is 0.0839. The molecule has 0 spiro atoms. The van der Waals surface area contributed by atoms with E-state index in [1.807, 2.05) is 149 Å². The average molecular weight is 1660 g/mol. The minimum Gasteiger partial charge on any atom is -0.383 e. The van der Waals surface area contributed by atoms with Crippen molar-refractivity contribution >= 4 is 104 Å². The highest BCUT2D eigenvalue weighted by Crippen LogP contribution is 2.34. The predicted octanol–water partition coefficient (Wildman–Crippen LogP) is 16.8. The number of benzene rings is 6. The van der Waals surface area contributed by atoms with Gasteiger partial charge in [-0.1, -0.05) is 75.1 Å². The normalized spacial score (nSPS) is 10.9. The second kappa shape index (κ2) is 44.5. The minimum atomic E-state index is -3.09. The highest BCUT2D eigenvalue weighted by atomic mass is 32.2. The molecule has 0 aliphatic heterocycles. The van der Waals surface area contributed by atoms with Gasteiger partial charge in [0.25, 0.3) is 35.5 Å². The van der Waals surface area contributed by atoms with Gasteiger partial charge in [0.15, 0.2) is 5.13 Å². The van der Waals surface area contributed by atoms with Crippen molar-refractivity contribution in [1.82, 2.24) is 56.8 Å². The Hall–Kier alpha value is -11.9. The van der Waals surface area contributed by atoms with E-state index in [4.69, 9.17) is 29.8 Å². The van der Waals surface area contributed by atoms with E-state index in [1.54, 1.807) is 72.3 Å². The number of halogens is 4. The topological polar surface area (TPSA) is 331 Å². The van der Waals surface area contributed by atoms with Gasteiger partial charge in [-0.05, 0) is 125 Å². The number of aryl methyl sites for hydroxylation is 4. The van der Waals surface area contributed by atoms with Gasteiger partial charge in [-0.15, -0.1) is 64.8 Å². The summed E-state index contributed by atoms with van der Waals surface area (Å²) < 4.78 is 74.4. The van der Waals surface area contributed by atoms with E-state index < -0.39 is 11.8 Å². The SMILES string of the molecule is C#Cc1ccc(NCCNC(=O)c2ccccc2SCc2cc(C)no2)cc1.Cc1cc(CSc2ccccc2C(=O)NCCNc2ccc(C(C)(F)F)c(C#N)c2)on1.Cc1cc(CSc2ccccc2C(=O)NCCNc2nc(C(C)(F)F)cs2)on1.Cc1cc(CSc2ccccc2C(=O)NCCNc2ncccn2)on1. The molecule has 0 saturated heterocycles. The molecule has 12 rings (SSSR count). The molecule has 0 fully saturated rings. The number of thiazole rings is 1. The number of carbonyl (C=O) groups excluding carboxylic acids is 4. The van der Waals surface area contributed by atoms with Crippen LogP contribution in [0, 0.1) is 51.4 Å². The Morgan fingerprint density at radius 1 is 0.452 bits per heavy atom. The Labute approximate surface area is 683 Å². The number of nitrogens with zero attached hydrogens (tertiary/aromatic N) is 8. The van der Waals surface area contributed by atoms with Crippen molar-refractivity contribution in [3.63, 3.8) is 0 Å². The molecule has 0 saturated carbocycles. The zero-order valence-corrected chi connectivity index (χ0v) is 67.4. The maximum atomic E-state index is 13.5. The average Bonchev–Trinajstić information content (AvgIpc) is 1.37. The van der Waals surface area contributed by atoms with Gasteiger partial charge in [0.05, 0.1) is 79.7 Å². The Bertz CT molecular complexity index is 5210. The summed E-state index contributed by atoms with van der Waals surface area (Å²) in [4.78, 5) is 65.7. The number of alkyl halides is 4. The number of terminal acetylenes is 1. The predicted molar refractivity (Wildman–Crippen MR) is 441 cm³/mol. The molecule has 115 heavy (non-hydrogen) atoms. The van der Waals surface area contributed by atoms with Crippen molar-refractivity contribution in [2.45, 2.75) is 96.0 Å². The van der Waals surface area contributed by atoms with Crippen molar-refractivity contribution in [2.24, 2.45) is 0 Å². The first-order valence-corrected chi connectivity index (χ1v) is 40.5. The summed E-state index contributed by atoms with van der Waals surface area (Å²) in [7, 11) is 0. The summed E-state index contributed by atoms with van der Waals surface area (Å²) in [5.74, 6) is 1.87. The Morgan fingerprint density at radius 2 is 0.809 bits per heavy atom. The number of amides is 4. The first-order chi connectivity index (χ1) is 55.5. The van der Waals surface area contributed by atoms with E-state index in [0.29, 0.717) is 114 Å². The Morgan fingerprint density at radius 3 is 1.15 bits per heavy atom. The fraction of sp³-hybridized carbons (Fsp3) is 0.244. The van der Waals surface area contributed by atoms with Crippen LogP contribution in [-0.2, 0) is 34.9 Å². The van der Waals surface area contributed by atoms with Crippen LogP contribution in [0.25, 0.3) is 0 Å². The van der Waals surface area contributed by atoms with E-state index in [9.17, 15) is 36.7 Å². The molecule has 33 heteroatoms. The maximum Gasteiger partial charge on any atom is 0.287 e. The van der Waals surface area contributed by atoms with Gasteiger partial charge in [-0.25, -0.2) is 23.7 Å². The summed E-state index contributed by atoms with van der Waals surface area (Å²) in [5, 5.41) is 50.2. The van der Waals surface area contributed by atoms with Gasteiger partial charge >= 0.3 is 0 Å². The fourth-order valence-electron chi connectivity index (χ4n) is 10.3. The van der Waals surface area contributed by atoms with Crippen molar-refractivity contribution in [3.8, 4) is 18.4 Å². The number of thioether (sulfide) groups is 4. The highest BCUT2D eigenvalue weighted by Gasteiger charge is 2.29. The largest absolute Gasteiger partial charge is 0.383 e. The van der Waals surface area contributed by atoms with Crippen LogP contribution in [0.3, 0.4) is 0 Å². The number of nitriles is 1. The molecule has 0 bridgehead atoms. The van der Waals surface area contributed by atoms with E-state index in [0.717, 1.165) is 102 Å². The van der Waals surface area contributed by atoms with E-state index >= 15 is 0 Å². The standard InChI is InChI=1S/C23H22F2N4O2S.C22H21N3O2S.C19H20F2N4O2S2.C18H19N5O2S/c1-15-11-18(31-29-15)14-32-21-6-4-3-5-19(21)22(30)28-10-9-27-17-7-8-20(23(2,24)25)16(12-17)13-26;1-3-17-8-10-18(11-9-17)23-12-13-24-22(26)20-6-4-5-7-21(20)28-15-19-14-16(2)25-27-19;1-12-9-13(27-25-12)10-28-15-6-4-3-5-14(15)17(26)22-7-8-23-18-24-16(11-29-18)19(2,20)21;1-13-11-14(25-23-13)12-26-16-6-3-2-5-15(16)17(24)19-9-10-22-18-20-7-4-8-21-18/h3-8,11-12,27H,9-10,14H2,1-2H3,(H,28,30);1,4-11,14,23H,12-13,15H2,2H3,(H,24,26);3-6,9,11H,7-8,10H2,1-2H3,(H,22,26)(H,23,24);2-8,11H,9-10,12H2,1H3,(H,19,24)(H,20,21,22). The number of hydrogen-bond acceptors (Lipinski definition) is 25. The molecule has 0 unspecified atom stereocenters. The van der Waals surface area contributed by atoms with Crippen LogP contribution in [-0.4, -0.2) is 112 Å². The molecule has 8 N–H and O–H groups in total. The smallest absolute Gasteiger partial charge is 0.287 e. The van der Waals surface area contributed by atoms with Crippen LogP contribution >= 0.6 is 58.4 Å². The molecule has 6 aromatic heterocycles. The van der Waals surface area contributed by atoms with Crippen LogP contribution in [0.5, 0.6) is 0 Å². The van der Waals surface area contributed by atoms with Crippen molar-refractivity contribution < 1.29 is 54.8 Å². The summed E-state index contributed by atoms with van der Waals surface area (Å²) in [6.45, 7) is 12.6. The lowest BCUT2D eigenvalue weighted by Crippen LogP contribution is -2.29. The lowest BCUT2D eigenvalue weighted by Gasteiger charge is -2.14. The van der Waals surface area contributed by atoms with Gasteiger partial charge in [0, 0.05) is 150 Å². The molecular formula is C82H82F4N16O8S5. The van der Waals surface area contributed by atoms with Gasteiger partial charge in [0.1, 0.15) is 28.7 Å². The molecule has 0 radical (unpaired) electrons. The summed E-state index contributed by atoms with van der Waals surface area (Å²) in [6.07, 6.45) is 8.68. The van der Waals surface area contributed by atoms with Gasteiger partial charge in [0.2, 0.25) is 5.95 Å². The summed E-state index contributed by atoms with van der Waals surface area (Å²) in [5.41, 5.74) is 7.41. The molecular weight excluding hydrogens is 1570 g/mol. The third-order valence-corrected chi connectivity index (χ3v) is 20.9. The molecule has 24 nitrogen and oxygen atoms in total. The molecule has 4 amide bonds. The van der Waals surface area contributed by atoms with Crippen LogP contribution in [0.2, 0.25) is 0 Å². The first kappa shape index (κ1) is 87.1. The van der Waals surface area contributed by atoms with E-state index in [-0.39, 0.29) is 40.4 Å². The van der Waals surface area contributed by atoms with Gasteiger partial charge < -0.3 is 60.6 Å². The summed E-state index contributed by atoms with van der Waals surface area (Å²) >= 11 is 7.19. The van der Waals surface area contributed by atoms with Crippen molar-refractivity contribution in [1.29, 1.82) is 5.26 Å². The molecule has 0 atom stereocenters. The molecule has 6 heterocycles. The van der Waals surface area contributed by atoms with Crippen LogP contribution in [0.4, 0.5) is 40.0 Å². The first-order valence-electron chi connectivity index (χ1n) is 35.7. The van der Waals surface area contributed by atoms with Gasteiger partial charge in [-0.3, -0.25) is 19.2 Å². The van der Waals surface area contributed by atoms with Crippen LogP contribution in [0.1, 0.15) is 123 Å². The zero-order valence-electron chi connectivity index (χ0n) is 63.4. The summed E-state index contributed by atoms with van der Waals surface area (Å²) in [6, 6.07) is 52.4. The fourth-order valence-corrected chi connectivity index (χ4v) is 14.8. The Balaban J connectivity index is 0.000000176. The number of carbonyl (C=O) groups is 4. The van der Waals surface area contributed by atoms with Crippen LogP contribution < -0.4 is 42.5 Å². The molecule has 12 aromatic rings. The molecule has 0 aliphatic carbocycles. The van der Waals surface area contributed by atoms with Crippen molar-refractivity contribution in [2.75, 3.05) is 73.6 Å². The third-order valence-electron chi connectivity index (χ3n) is 15.8. The number of anilines is 4. The third kappa shape index (κ3) is 28.9. The molecule has 596 valence electrons. The van der Waals surface area contributed by atoms with E-state index in [2.05, 4.69) is 84.0 Å². The second-order valence-electron chi connectivity index (χ2n) is 25.1. The van der Waals surface area contributed by atoms with Crippen molar-refractivity contribution in [3.05, 3.63) is 278 Å². The monoisotopic (exact) mass is 1650 g/mol. The number of aromatic nitrogens is 7. The second-order valence-corrected chi connectivity index (χ2v) is 30.0. The number of hydrogen-bond donors (Lipinski definition) is 8. The lowest BCUT2D eigenvalue weighted by molar-refractivity contribution is 0.0133. The zero-order chi connectivity index (χ0) is 82.0. The molecule has 0 aliphatic rings. The molecule has 6 aromatic carbocycles. The van der Waals surface area contributed by atoms with Gasteiger partial charge in [-0.2, -0.15) is 14.0 Å². The Kier molecular flexibility index (Phi) is 33.7. The van der Waals surface area contributed by atoms with Crippen LogP contribution in [0.15, 0.2) is 225 Å². The number of rotatable bonds is 34. The lowest BCUT2D eigenvalue weighted by atomic mass is 10.0. The quantitative estimate of drug-likeness (QED) is 0.00804. The maximum absolute atomic E-state index is 13.5.